The van der Waals surface area contributed by atoms with Crippen LogP contribution in [0.2, 0.25) is 0 Å². The van der Waals surface area contributed by atoms with Gasteiger partial charge in [-0.15, -0.1) is 0 Å². The van der Waals surface area contributed by atoms with E-state index in [-0.39, 0.29) is 29.7 Å². The molecule has 9 heteroatoms. The molecule has 4 aromatic heterocycles. The molecule has 0 amide bonds. The quantitative estimate of drug-likeness (QED) is 0.546. The predicted molar refractivity (Wildman–Crippen MR) is 113 cm³/mol. The van der Waals surface area contributed by atoms with Crippen LogP contribution in [0.25, 0.3) is 27.8 Å². The molecule has 1 N–H and O–H groups in total. The Bertz CT molecular complexity index is 1350. The van der Waals surface area contributed by atoms with E-state index in [9.17, 15) is 9.18 Å². The number of piperidine rings is 1. The number of aromatic amines is 1. The van der Waals surface area contributed by atoms with Gasteiger partial charge in [0.15, 0.2) is 17.1 Å². The molecule has 1 saturated heterocycles. The molecule has 0 radical (unpaired) electrons. The third kappa shape index (κ3) is 3.38. The summed E-state index contributed by atoms with van der Waals surface area (Å²) in [7, 11) is 0. The number of halogens is 2. The molecule has 0 spiro atoms. The Morgan fingerprint density at radius 1 is 1.19 bits per heavy atom. The van der Waals surface area contributed by atoms with E-state index in [0.717, 1.165) is 6.54 Å². The number of hydrogen-bond donors (Lipinski definition) is 1. The van der Waals surface area contributed by atoms with Crippen LogP contribution in [-0.4, -0.2) is 48.9 Å². The molecule has 0 bridgehead atoms. The first kappa shape index (κ1) is 19.7. The van der Waals surface area contributed by atoms with Gasteiger partial charge in [0.05, 0.1) is 28.5 Å². The molecule has 7 nitrogen and oxygen atoms in total. The number of fused-ring (bicyclic) bond motifs is 2. The number of rotatable bonds is 3. The first-order valence-corrected chi connectivity index (χ1v) is 10.3. The molecule has 0 aromatic carbocycles. The second-order valence-electron chi connectivity index (χ2n) is 8.09. The molecule has 5 rings (SSSR count). The maximum Gasteiger partial charge on any atom is 0.258 e. The molecular weight excluding hydrogens is 402 g/mol. The first-order chi connectivity index (χ1) is 14.9. The number of likely N-dealkylation sites (tertiary alicyclic amines) is 1. The average Bonchev–Trinajstić information content (AvgIpc) is 3.15. The Hall–Kier alpha value is -3.20. The van der Waals surface area contributed by atoms with Crippen molar-refractivity contribution in [1.29, 1.82) is 0 Å². The number of aromatic nitrogens is 5. The highest BCUT2D eigenvalue weighted by molar-refractivity contribution is 5.81. The fraction of sp³-hybridized carbons (Fsp3) is 0.364. The van der Waals surface area contributed by atoms with Crippen molar-refractivity contribution in [3.63, 3.8) is 0 Å². The molecule has 31 heavy (non-hydrogen) atoms. The number of alkyl halides is 1. The van der Waals surface area contributed by atoms with Crippen molar-refractivity contribution in [3.8, 4) is 11.3 Å². The Balaban J connectivity index is 1.55. The van der Waals surface area contributed by atoms with Crippen molar-refractivity contribution < 1.29 is 8.78 Å². The third-order valence-corrected chi connectivity index (χ3v) is 6.03. The molecule has 1 fully saturated rings. The minimum atomic E-state index is -1.66. The first-order valence-electron chi connectivity index (χ1n) is 10.3. The van der Waals surface area contributed by atoms with Crippen LogP contribution in [-0.2, 0) is 5.67 Å². The van der Waals surface area contributed by atoms with Gasteiger partial charge in [-0.1, -0.05) is 6.92 Å². The molecule has 160 valence electrons. The van der Waals surface area contributed by atoms with E-state index in [1.807, 2.05) is 6.92 Å². The fourth-order valence-corrected chi connectivity index (χ4v) is 4.19. The second-order valence-corrected chi connectivity index (χ2v) is 8.09. The topological polar surface area (TPSA) is 79.2 Å². The van der Waals surface area contributed by atoms with Gasteiger partial charge in [0.1, 0.15) is 5.82 Å². The highest BCUT2D eigenvalue weighted by Gasteiger charge is 2.38. The number of aryl methyl sites for hydroxylation is 1. The van der Waals surface area contributed by atoms with Crippen LogP contribution in [0, 0.1) is 12.7 Å². The highest BCUT2D eigenvalue weighted by Crippen LogP contribution is 2.35. The van der Waals surface area contributed by atoms with E-state index >= 15 is 4.39 Å². The number of H-pyrrole nitrogens is 1. The zero-order chi connectivity index (χ0) is 21.8. The van der Waals surface area contributed by atoms with Crippen LogP contribution in [0.4, 0.5) is 8.78 Å². The van der Waals surface area contributed by atoms with Gasteiger partial charge in [-0.3, -0.25) is 9.78 Å². The molecule has 0 unspecified atom stereocenters. The monoisotopic (exact) mass is 424 g/mol. The second kappa shape index (κ2) is 7.19. The van der Waals surface area contributed by atoms with Gasteiger partial charge in [0.25, 0.3) is 5.56 Å². The third-order valence-electron chi connectivity index (χ3n) is 6.03. The molecular formula is C22H22F2N6O. The summed E-state index contributed by atoms with van der Waals surface area (Å²) < 4.78 is 31.6. The average molecular weight is 424 g/mol. The van der Waals surface area contributed by atoms with Gasteiger partial charge < -0.3 is 14.3 Å². The number of nitrogens with one attached hydrogen (secondary N) is 1. The van der Waals surface area contributed by atoms with Crippen LogP contribution in [0.5, 0.6) is 0 Å². The van der Waals surface area contributed by atoms with E-state index in [1.165, 1.54) is 12.3 Å². The van der Waals surface area contributed by atoms with Gasteiger partial charge in [-0.2, -0.15) is 0 Å². The lowest BCUT2D eigenvalue weighted by Gasteiger charge is -2.35. The Kier molecular flexibility index (Phi) is 4.58. The van der Waals surface area contributed by atoms with Crippen molar-refractivity contribution >= 4 is 16.6 Å². The Labute approximate surface area is 176 Å². The normalized spacial score (nSPS) is 16.9. The van der Waals surface area contributed by atoms with Crippen molar-refractivity contribution in [2.75, 3.05) is 19.6 Å². The maximum absolute atomic E-state index is 15.5. The van der Waals surface area contributed by atoms with Crippen LogP contribution in [0.15, 0.2) is 35.5 Å². The molecule has 0 aliphatic carbocycles. The number of hydrogen-bond acceptors (Lipinski definition) is 5. The van der Waals surface area contributed by atoms with Crippen molar-refractivity contribution in [2.45, 2.75) is 32.4 Å². The number of imidazole rings is 1. The predicted octanol–water partition coefficient (Wildman–Crippen LogP) is 3.36. The van der Waals surface area contributed by atoms with Gasteiger partial charge in [-0.05, 0) is 25.6 Å². The van der Waals surface area contributed by atoms with Crippen molar-refractivity contribution in [2.24, 2.45) is 0 Å². The number of pyridine rings is 2. The zero-order valence-electron chi connectivity index (χ0n) is 17.3. The van der Waals surface area contributed by atoms with Crippen LogP contribution in [0.3, 0.4) is 0 Å². The Morgan fingerprint density at radius 3 is 2.71 bits per heavy atom. The van der Waals surface area contributed by atoms with E-state index in [0.29, 0.717) is 35.6 Å². The summed E-state index contributed by atoms with van der Waals surface area (Å²) in [6, 6.07) is 2.89. The molecule has 1 aliphatic heterocycles. The minimum absolute atomic E-state index is 0.0525. The number of nitrogens with zero attached hydrogens (tertiary/aromatic N) is 5. The lowest BCUT2D eigenvalue weighted by atomic mass is 9.92. The van der Waals surface area contributed by atoms with Crippen LogP contribution in [0.1, 0.15) is 31.3 Å². The highest BCUT2D eigenvalue weighted by atomic mass is 19.1. The minimum Gasteiger partial charge on any atom is -0.307 e. The van der Waals surface area contributed by atoms with Crippen molar-refractivity contribution in [1.82, 2.24) is 29.2 Å². The van der Waals surface area contributed by atoms with Gasteiger partial charge in [0.2, 0.25) is 0 Å². The van der Waals surface area contributed by atoms with Gasteiger partial charge in [0, 0.05) is 43.9 Å². The molecule has 1 aliphatic rings. The molecule has 0 atom stereocenters. The van der Waals surface area contributed by atoms with E-state index in [2.05, 4.69) is 24.8 Å². The summed E-state index contributed by atoms with van der Waals surface area (Å²) in [6.45, 7) is 5.94. The molecule has 0 saturated carbocycles. The lowest BCUT2D eigenvalue weighted by Crippen LogP contribution is -2.41. The zero-order valence-corrected chi connectivity index (χ0v) is 17.3. The standard InChI is InChI=1S/C22H22F2N6O/c1-3-29-6-4-22(24,5-7-29)21-27-18-10-25-17(9-15(18)20(31)28-21)14-8-16(23)19-26-13(2)11-30(19)12-14/h8-12H,3-7H2,1-2H3,(H,27,28,31). The SMILES string of the molecule is CCN1CCC(F)(c2nc3cnc(-c4cc(F)c5nc(C)cn5c4)cc3c(=O)[nH]2)CC1. The van der Waals surface area contributed by atoms with Crippen molar-refractivity contribution in [3.05, 3.63) is 58.4 Å². The van der Waals surface area contributed by atoms with Gasteiger partial charge in [-0.25, -0.2) is 18.7 Å². The summed E-state index contributed by atoms with van der Waals surface area (Å²) in [5.41, 5.74) is 0.0726. The smallest absolute Gasteiger partial charge is 0.258 e. The van der Waals surface area contributed by atoms with E-state index < -0.39 is 17.0 Å². The van der Waals surface area contributed by atoms with E-state index in [4.69, 9.17) is 0 Å². The maximum atomic E-state index is 15.5. The fourth-order valence-electron chi connectivity index (χ4n) is 4.19. The summed E-state index contributed by atoms with van der Waals surface area (Å²) in [6.07, 6.45) is 5.43. The summed E-state index contributed by atoms with van der Waals surface area (Å²) in [5.74, 6) is -0.427. The lowest BCUT2D eigenvalue weighted by molar-refractivity contribution is 0.0508. The summed E-state index contributed by atoms with van der Waals surface area (Å²) in [4.78, 5) is 30.5. The van der Waals surface area contributed by atoms with Crippen LogP contribution < -0.4 is 5.56 Å². The summed E-state index contributed by atoms with van der Waals surface area (Å²) >= 11 is 0. The molecule has 5 heterocycles. The Morgan fingerprint density at radius 2 is 1.97 bits per heavy atom. The van der Waals surface area contributed by atoms with Crippen LogP contribution >= 0.6 is 0 Å². The largest absolute Gasteiger partial charge is 0.307 e. The molecule has 4 aromatic rings. The van der Waals surface area contributed by atoms with Gasteiger partial charge >= 0.3 is 0 Å². The van der Waals surface area contributed by atoms with E-state index in [1.54, 1.807) is 29.8 Å². The summed E-state index contributed by atoms with van der Waals surface area (Å²) in [5, 5.41) is 0.283.